The number of ketones is 1. The van der Waals surface area contributed by atoms with Gasteiger partial charge in [-0.15, -0.1) is 10.2 Å². The van der Waals surface area contributed by atoms with Crippen molar-refractivity contribution < 1.29 is 17.9 Å². The van der Waals surface area contributed by atoms with Crippen molar-refractivity contribution in [1.82, 2.24) is 19.1 Å². The van der Waals surface area contributed by atoms with Crippen molar-refractivity contribution in [1.29, 1.82) is 0 Å². The maximum Gasteiger partial charge on any atom is 0.243 e. The Hall–Kier alpha value is -2.53. The van der Waals surface area contributed by atoms with Crippen molar-refractivity contribution in [2.75, 3.05) is 26.3 Å². The Labute approximate surface area is 203 Å². The van der Waals surface area contributed by atoms with Crippen molar-refractivity contribution in [3.8, 4) is 11.4 Å². The number of ether oxygens (including phenoxy) is 1. The summed E-state index contributed by atoms with van der Waals surface area (Å²) in [6.45, 7) is 1.99. The van der Waals surface area contributed by atoms with Crippen LogP contribution in [0.15, 0.2) is 64.6 Å². The molecule has 0 bridgehead atoms. The van der Waals surface area contributed by atoms with Crippen LogP contribution in [0.5, 0.6) is 0 Å². The summed E-state index contributed by atoms with van der Waals surface area (Å²) in [7, 11) is -3.64. The highest BCUT2D eigenvalue weighted by atomic mass is 32.2. The van der Waals surface area contributed by atoms with Crippen LogP contribution < -0.4 is 0 Å². The lowest BCUT2D eigenvalue weighted by molar-refractivity contribution is -0.116. The van der Waals surface area contributed by atoms with E-state index < -0.39 is 10.0 Å². The van der Waals surface area contributed by atoms with Crippen molar-refractivity contribution >= 4 is 27.6 Å². The third-order valence-electron chi connectivity index (χ3n) is 6.10. The summed E-state index contributed by atoms with van der Waals surface area (Å²) >= 11 is 1.45. The van der Waals surface area contributed by atoms with E-state index in [9.17, 15) is 13.2 Å². The van der Waals surface area contributed by atoms with Gasteiger partial charge in [-0.25, -0.2) is 8.42 Å². The molecule has 0 radical (unpaired) electrons. The van der Waals surface area contributed by atoms with Gasteiger partial charge >= 0.3 is 0 Å². The number of nitrogens with zero attached hydrogens (tertiary/aromatic N) is 4. The fourth-order valence-electron chi connectivity index (χ4n) is 4.27. The van der Waals surface area contributed by atoms with Crippen LogP contribution in [0.1, 0.15) is 24.8 Å². The molecule has 8 nitrogen and oxygen atoms in total. The summed E-state index contributed by atoms with van der Waals surface area (Å²) in [4.78, 5) is 12.5. The van der Waals surface area contributed by atoms with Crippen LogP contribution >= 0.6 is 11.8 Å². The lowest BCUT2D eigenvalue weighted by atomic mass is 10.2. The predicted molar refractivity (Wildman–Crippen MR) is 129 cm³/mol. The molecule has 178 valence electrons. The number of carbonyl (C=O) groups excluding carboxylic acids is 1. The number of Topliss-reactive ketones (excluding diaryl/α,β-unsaturated/α-hetero) is 1. The van der Waals surface area contributed by atoms with Crippen LogP contribution in [-0.4, -0.2) is 64.8 Å². The number of benzene rings is 2. The van der Waals surface area contributed by atoms with E-state index in [0.717, 1.165) is 18.4 Å². The first-order valence-corrected chi connectivity index (χ1v) is 13.7. The Kier molecular flexibility index (Phi) is 6.82. The molecule has 1 aromatic heterocycles. The van der Waals surface area contributed by atoms with Gasteiger partial charge in [-0.05, 0) is 30.5 Å². The Morgan fingerprint density at radius 1 is 1.03 bits per heavy atom. The van der Waals surface area contributed by atoms with E-state index in [4.69, 9.17) is 4.74 Å². The maximum absolute atomic E-state index is 13.2. The van der Waals surface area contributed by atoms with Gasteiger partial charge in [0.25, 0.3) is 0 Å². The molecule has 1 aliphatic heterocycles. The lowest BCUT2D eigenvalue weighted by Gasteiger charge is -2.26. The monoisotopic (exact) mass is 498 g/mol. The molecule has 0 amide bonds. The van der Waals surface area contributed by atoms with E-state index in [1.54, 1.807) is 18.2 Å². The largest absolute Gasteiger partial charge is 0.379 e. The summed E-state index contributed by atoms with van der Waals surface area (Å²) in [5.41, 5.74) is 1.74. The van der Waals surface area contributed by atoms with Crippen LogP contribution in [0, 0.1) is 0 Å². The number of sulfonamides is 1. The first kappa shape index (κ1) is 23.2. The zero-order valence-electron chi connectivity index (χ0n) is 18.7. The summed E-state index contributed by atoms with van der Waals surface area (Å²) in [5.74, 6) is 0.829. The maximum atomic E-state index is 13.2. The molecule has 2 aliphatic rings. The molecule has 1 saturated carbocycles. The van der Waals surface area contributed by atoms with Gasteiger partial charge in [0.2, 0.25) is 10.0 Å². The molecule has 2 fully saturated rings. The van der Waals surface area contributed by atoms with Crippen molar-refractivity contribution in [2.45, 2.75) is 41.1 Å². The Morgan fingerprint density at radius 2 is 1.82 bits per heavy atom. The number of hydrogen-bond donors (Lipinski definition) is 0. The molecule has 10 heteroatoms. The van der Waals surface area contributed by atoms with Gasteiger partial charge in [0, 0.05) is 25.1 Å². The van der Waals surface area contributed by atoms with Crippen LogP contribution in [0.2, 0.25) is 0 Å². The number of hydrogen-bond acceptors (Lipinski definition) is 7. The highest BCUT2D eigenvalue weighted by molar-refractivity contribution is 8.00. The molecule has 34 heavy (non-hydrogen) atoms. The number of morpholine rings is 1. The minimum Gasteiger partial charge on any atom is -0.379 e. The lowest BCUT2D eigenvalue weighted by Crippen LogP contribution is -2.40. The molecule has 1 saturated heterocycles. The van der Waals surface area contributed by atoms with E-state index in [1.807, 2.05) is 41.0 Å². The standard InChI is InChI=1S/C24H26N4O4S2/c29-21-10-5-11-22(21)33-24-26-25-23(28(24)17-18-6-2-1-3-7-18)19-8-4-9-20(16-19)34(30,31)27-12-14-32-15-13-27/h1-4,6-9,16,22H,5,10-15,17H2/t22-/m0/s1. The van der Waals surface area contributed by atoms with E-state index in [-0.39, 0.29) is 15.9 Å². The van der Waals surface area contributed by atoms with Crippen LogP contribution in [-0.2, 0) is 26.1 Å². The SMILES string of the molecule is O=C1CCC[C@@H]1Sc1nnc(-c2cccc(S(=O)(=O)N3CCOCC3)c2)n1Cc1ccccc1. The topological polar surface area (TPSA) is 94.4 Å². The minimum absolute atomic E-state index is 0.111. The van der Waals surface area contributed by atoms with Crippen molar-refractivity contribution in [3.05, 3.63) is 60.2 Å². The fourth-order valence-corrected chi connectivity index (χ4v) is 6.87. The van der Waals surface area contributed by atoms with E-state index in [2.05, 4.69) is 10.2 Å². The van der Waals surface area contributed by atoms with Gasteiger partial charge in [0.05, 0.1) is 29.9 Å². The molecule has 3 aromatic rings. The van der Waals surface area contributed by atoms with Crippen LogP contribution in [0.4, 0.5) is 0 Å². The van der Waals surface area contributed by atoms with Crippen molar-refractivity contribution in [2.24, 2.45) is 0 Å². The van der Waals surface area contributed by atoms with Gasteiger partial charge in [-0.1, -0.05) is 54.2 Å². The molecule has 0 unspecified atom stereocenters. The van der Waals surface area contributed by atoms with Crippen LogP contribution in [0.3, 0.4) is 0 Å². The van der Waals surface area contributed by atoms with Gasteiger partial charge in [0.1, 0.15) is 5.78 Å². The second-order valence-corrected chi connectivity index (χ2v) is 11.5. The second-order valence-electron chi connectivity index (χ2n) is 8.39. The Morgan fingerprint density at radius 3 is 2.56 bits per heavy atom. The number of carbonyl (C=O) groups is 1. The molecule has 2 aromatic carbocycles. The molecule has 1 aliphatic carbocycles. The number of aromatic nitrogens is 3. The number of thioether (sulfide) groups is 1. The molecule has 5 rings (SSSR count). The zero-order valence-corrected chi connectivity index (χ0v) is 20.3. The van der Waals surface area contributed by atoms with Gasteiger partial charge < -0.3 is 4.74 Å². The summed E-state index contributed by atoms with van der Waals surface area (Å²) < 4.78 is 35.1. The highest BCUT2D eigenvalue weighted by Crippen LogP contribution is 2.34. The molecule has 2 heterocycles. The molecule has 1 atom stereocenters. The second kappa shape index (κ2) is 9.99. The smallest absolute Gasteiger partial charge is 0.243 e. The third kappa shape index (κ3) is 4.81. The van der Waals surface area contributed by atoms with E-state index in [0.29, 0.717) is 55.8 Å². The fraction of sp³-hybridized carbons (Fsp3) is 0.375. The number of rotatable bonds is 7. The van der Waals surface area contributed by atoms with E-state index in [1.165, 1.54) is 16.1 Å². The molecular formula is C24H26N4O4S2. The van der Waals surface area contributed by atoms with Crippen LogP contribution in [0.25, 0.3) is 11.4 Å². The first-order chi connectivity index (χ1) is 16.5. The van der Waals surface area contributed by atoms with E-state index >= 15 is 0 Å². The summed E-state index contributed by atoms with van der Waals surface area (Å²) in [6.07, 6.45) is 2.35. The average molecular weight is 499 g/mol. The quantitative estimate of drug-likeness (QED) is 0.494. The van der Waals surface area contributed by atoms with Gasteiger partial charge in [-0.2, -0.15) is 4.31 Å². The predicted octanol–water partition coefficient (Wildman–Crippen LogP) is 3.23. The summed E-state index contributed by atoms with van der Waals surface area (Å²) in [5, 5.41) is 9.41. The highest BCUT2D eigenvalue weighted by Gasteiger charge is 2.29. The average Bonchev–Trinajstić information content (AvgIpc) is 3.46. The van der Waals surface area contributed by atoms with Crippen molar-refractivity contribution in [3.63, 3.8) is 0 Å². The molecular weight excluding hydrogens is 472 g/mol. The van der Waals surface area contributed by atoms with Gasteiger partial charge in [0.15, 0.2) is 11.0 Å². The minimum atomic E-state index is -3.64. The zero-order chi connectivity index (χ0) is 23.5. The van der Waals surface area contributed by atoms with Gasteiger partial charge in [-0.3, -0.25) is 9.36 Å². The third-order valence-corrected chi connectivity index (χ3v) is 9.29. The Balaban J connectivity index is 1.51. The Bertz CT molecular complexity index is 1270. The molecule has 0 spiro atoms. The molecule has 0 N–H and O–H groups in total. The normalized spacial score (nSPS) is 19.5. The first-order valence-electron chi connectivity index (χ1n) is 11.4. The summed E-state index contributed by atoms with van der Waals surface area (Å²) in [6, 6.07) is 16.8.